The molecule has 1 atom stereocenters. The van der Waals surface area contributed by atoms with Crippen LogP contribution in [0.3, 0.4) is 0 Å². The van der Waals surface area contributed by atoms with Gasteiger partial charge >= 0.3 is 6.36 Å². The summed E-state index contributed by atoms with van der Waals surface area (Å²) in [5.41, 5.74) is 1.62. The van der Waals surface area contributed by atoms with Gasteiger partial charge in [-0.3, -0.25) is 9.48 Å². The van der Waals surface area contributed by atoms with Crippen molar-refractivity contribution in [2.75, 3.05) is 6.54 Å². The molecule has 0 spiro atoms. The molecule has 174 valence electrons. The molecule has 11 heteroatoms. The van der Waals surface area contributed by atoms with Crippen molar-refractivity contribution < 1.29 is 35.9 Å². The summed E-state index contributed by atoms with van der Waals surface area (Å²) in [5.74, 6) is -5.27. The summed E-state index contributed by atoms with van der Waals surface area (Å²) >= 11 is 0. The van der Waals surface area contributed by atoms with Crippen LogP contribution in [-0.2, 0) is 13.5 Å². The van der Waals surface area contributed by atoms with E-state index >= 15 is 0 Å². The topological polar surface area (TPSA) is 47.4 Å². The van der Waals surface area contributed by atoms with Gasteiger partial charge in [0.2, 0.25) is 0 Å². The number of carbonyl (C=O) groups excluding carboxylic acids is 1. The lowest BCUT2D eigenvalue weighted by Crippen LogP contribution is -2.39. The van der Waals surface area contributed by atoms with E-state index in [2.05, 4.69) is 9.84 Å². The number of alkyl halides is 3. The molecule has 33 heavy (non-hydrogen) atoms. The number of rotatable bonds is 3. The quantitative estimate of drug-likeness (QED) is 0.393. The fourth-order valence-electron chi connectivity index (χ4n) is 4.07. The van der Waals surface area contributed by atoms with Gasteiger partial charge < -0.3 is 9.64 Å². The van der Waals surface area contributed by atoms with Crippen LogP contribution >= 0.6 is 0 Å². The van der Waals surface area contributed by atoms with E-state index in [0.29, 0.717) is 17.0 Å². The number of carbonyl (C=O) groups is 1. The van der Waals surface area contributed by atoms with E-state index in [1.165, 1.54) is 21.7 Å². The third-order valence-electron chi connectivity index (χ3n) is 5.47. The molecule has 5 nitrogen and oxygen atoms in total. The first-order chi connectivity index (χ1) is 15.5. The lowest BCUT2D eigenvalue weighted by Gasteiger charge is -2.33. The maximum Gasteiger partial charge on any atom is 0.573 e. The van der Waals surface area contributed by atoms with Crippen molar-refractivity contribution in [3.63, 3.8) is 0 Å². The van der Waals surface area contributed by atoms with Gasteiger partial charge in [0.15, 0.2) is 17.5 Å². The smallest absolute Gasteiger partial charge is 0.406 e. The molecule has 3 aromatic rings. The molecule has 0 fully saturated rings. The number of amides is 1. The monoisotopic (exact) mass is 469 g/mol. The van der Waals surface area contributed by atoms with Crippen molar-refractivity contribution in [2.45, 2.75) is 25.7 Å². The molecule has 0 radical (unpaired) electrons. The number of ether oxygens (including phenoxy) is 1. The first-order valence-corrected chi connectivity index (χ1v) is 9.83. The van der Waals surface area contributed by atoms with E-state index in [9.17, 15) is 31.1 Å². The molecule has 0 saturated heterocycles. The van der Waals surface area contributed by atoms with Crippen LogP contribution < -0.4 is 4.74 Å². The lowest BCUT2D eigenvalue weighted by molar-refractivity contribution is -0.274. The van der Waals surface area contributed by atoms with Gasteiger partial charge in [-0.05, 0) is 43.7 Å². The SMILES string of the molecule is C[C@H]1c2nn(C)c(-c3cc(F)c(F)c(F)c3)c2CCN1C(=O)c1cccc(OC(F)(F)F)c1. The van der Waals surface area contributed by atoms with Crippen LogP contribution in [0.1, 0.15) is 34.6 Å². The van der Waals surface area contributed by atoms with Crippen LogP contribution in [0.2, 0.25) is 0 Å². The van der Waals surface area contributed by atoms with Gasteiger partial charge in [0, 0.05) is 30.3 Å². The predicted octanol–water partition coefficient (Wildman–Crippen LogP) is 5.16. The molecule has 1 amide bonds. The van der Waals surface area contributed by atoms with Gasteiger partial charge in [-0.25, -0.2) is 13.2 Å². The van der Waals surface area contributed by atoms with Crippen LogP contribution in [0.15, 0.2) is 36.4 Å². The second kappa shape index (κ2) is 8.13. The Hall–Kier alpha value is -3.50. The first kappa shape index (κ1) is 22.7. The average Bonchev–Trinajstić information content (AvgIpc) is 3.07. The van der Waals surface area contributed by atoms with Gasteiger partial charge in [0.05, 0.1) is 17.4 Å². The number of aromatic nitrogens is 2. The molecule has 1 aliphatic heterocycles. The summed E-state index contributed by atoms with van der Waals surface area (Å²) in [6, 6.07) is 5.93. The van der Waals surface area contributed by atoms with Crippen LogP contribution in [0.5, 0.6) is 5.75 Å². The Morgan fingerprint density at radius 2 is 1.79 bits per heavy atom. The highest BCUT2D eigenvalue weighted by atomic mass is 19.4. The molecular formula is C22H17F6N3O2. The molecule has 1 aromatic heterocycles. The van der Waals surface area contributed by atoms with Crippen LogP contribution in [0.4, 0.5) is 26.3 Å². The van der Waals surface area contributed by atoms with Crippen LogP contribution in [-0.4, -0.2) is 33.5 Å². The molecule has 0 saturated carbocycles. The Kier molecular flexibility index (Phi) is 5.59. The van der Waals surface area contributed by atoms with E-state index in [1.54, 1.807) is 14.0 Å². The zero-order valence-electron chi connectivity index (χ0n) is 17.4. The minimum atomic E-state index is -4.89. The fraction of sp³-hybridized carbons (Fsp3) is 0.273. The maximum absolute atomic E-state index is 13.8. The highest BCUT2D eigenvalue weighted by Gasteiger charge is 2.35. The number of hydrogen-bond donors (Lipinski definition) is 0. The molecule has 1 aliphatic rings. The standard InChI is InChI=1S/C22H17F6N3O2/c1-11-19-15(20(30(2)29-19)13-9-16(23)18(25)17(24)10-13)6-7-31(11)21(32)12-4-3-5-14(8-12)33-22(26,27)28/h3-5,8-11H,6-7H2,1-2H3/t11-/m0/s1. The van der Waals surface area contributed by atoms with Crippen molar-refractivity contribution in [2.24, 2.45) is 7.05 Å². The Labute approximate surface area is 184 Å². The Bertz CT molecular complexity index is 1210. The highest BCUT2D eigenvalue weighted by molar-refractivity contribution is 5.95. The summed E-state index contributed by atoms with van der Waals surface area (Å²) in [5, 5.41) is 4.39. The minimum absolute atomic E-state index is 0.00545. The second-order valence-electron chi connectivity index (χ2n) is 7.59. The summed E-state index contributed by atoms with van der Waals surface area (Å²) in [7, 11) is 1.56. The molecule has 0 N–H and O–H groups in total. The van der Waals surface area contributed by atoms with Crippen LogP contribution in [0.25, 0.3) is 11.3 Å². The van der Waals surface area contributed by atoms with E-state index in [-0.39, 0.29) is 24.1 Å². The lowest BCUT2D eigenvalue weighted by atomic mass is 9.95. The van der Waals surface area contributed by atoms with Crippen molar-refractivity contribution in [1.82, 2.24) is 14.7 Å². The van der Waals surface area contributed by atoms with E-state index in [4.69, 9.17) is 0 Å². The van der Waals surface area contributed by atoms with Gasteiger partial charge in [0.25, 0.3) is 5.91 Å². The number of halogens is 6. The zero-order chi connectivity index (χ0) is 24.1. The molecule has 0 unspecified atom stereocenters. The van der Waals surface area contributed by atoms with Crippen molar-refractivity contribution in [1.29, 1.82) is 0 Å². The minimum Gasteiger partial charge on any atom is -0.406 e. The summed E-state index contributed by atoms with van der Waals surface area (Å²) in [6.45, 7) is 1.87. The average molecular weight is 469 g/mol. The maximum atomic E-state index is 13.8. The van der Waals surface area contributed by atoms with Crippen molar-refractivity contribution in [3.8, 4) is 17.0 Å². The normalized spacial score (nSPS) is 16.0. The third kappa shape index (κ3) is 4.27. The third-order valence-corrected chi connectivity index (χ3v) is 5.47. The Morgan fingerprint density at radius 1 is 1.12 bits per heavy atom. The number of nitrogens with zero attached hydrogens (tertiary/aromatic N) is 3. The number of benzene rings is 2. The Balaban J connectivity index is 1.65. The summed E-state index contributed by atoms with van der Waals surface area (Å²) < 4.78 is 83.8. The molecular weight excluding hydrogens is 452 g/mol. The second-order valence-corrected chi connectivity index (χ2v) is 7.59. The molecule has 2 aromatic carbocycles. The van der Waals surface area contributed by atoms with Crippen LogP contribution in [0, 0.1) is 17.5 Å². The number of aryl methyl sites for hydroxylation is 1. The van der Waals surface area contributed by atoms with Gasteiger partial charge in [-0.15, -0.1) is 13.2 Å². The largest absolute Gasteiger partial charge is 0.573 e. The first-order valence-electron chi connectivity index (χ1n) is 9.83. The van der Waals surface area contributed by atoms with E-state index < -0.39 is 41.5 Å². The van der Waals surface area contributed by atoms with Gasteiger partial charge in [-0.1, -0.05) is 6.07 Å². The van der Waals surface area contributed by atoms with Gasteiger partial charge in [-0.2, -0.15) is 5.10 Å². The predicted molar refractivity (Wildman–Crippen MR) is 105 cm³/mol. The fourth-order valence-corrected chi connectivity index (χ4v) is 4.07. The highest BCUT2D eigenvalue weighted by Crippen LogP contribution is 2.37. The Morgan fingerprint density at radius 3 is 2.42 bits per heavy atom. The summed E-state index contributed by atoms with van der Waals surface area (Å²) in [4.78, 5) is 14.5. The van der Waals surface area contributed by atoms with E-state index in [1.807, 2.05) is 0 Å². The molecule has 0 bridgehead atoms. The molecule has 2 heterocycles. The molecule has 4 rings (SSSR count). The van der Waals surface area contributed by atoms with Crippen molar-refractivity contribution in [3.05, 3.63) is 70.7 Å². The van der Waals surface area contributed by atoms with Crippen molar-refractivity contribution >= 4 is 5.91 Å². The zero-order valence-corrected chi connectivity index (χ0v) is 17.4. The number of hydrogen-bond acceptors (Lipinski definition) is 3. The summed E-state index contributed by atoms with van der Waals surface area (Å²) in [6.07, 6.45) is -4.62. The molecule has 0 aliphatic carbocycles. The van der Waals surface area contributed by atoms with E-state index in [0.717, 1.165) is 24.3 Å². The van der Waals surface area contributed by atoms with Gasteiger partial charge in [0.1, 0.15) is 5.75 Å². The number of fused-ring (bicyclic) bond motifs is 1.